The standard InChI is InChI=1S/C28H37NO3/c1-27-14-11-25-23(8-6-21-17-22(30)10-13-28(21,25)2)24(27)9-7-20(27)12-16-32-26(31)19-5-4-15-29(3)18-19/h4,10,13,15,17-18,20,23-25H,5-9,11-12,14,16H2,1-3H3/t20-,23+,24+,25+,27-,28+/m1/s1. The molecule has 1 aliphatic heterocycles. The first-order valence-electron chi connectivity index (χ1n) is 12.5. The molecular formula is C28H37NO3. The quantitative estimate of drug-likeness (QED) is 0.541. The number of nitrogens with zero attached hydrogens (tertiary/aromatic N) is 1. The minimum atomic E-state index is -0.164. The molecule has 3 saturated carbocycles. The van der Waals surface area contributed by atoms with E-state index < -0.39 is 0 Å². The maximum absolute atomic E-state index is 12.5. The predicted octanol–water partition coefficient (Wildman–Crippen LogP) is 5.58. The monoisotopic (exact) mass is 435 g/mol. The zero-order valence-electron chi connectivity index (χ0n) is 19.8. The Morgan fingerprint density at radius 2 is 2.03 bits per heavy atom. The average molecular weight is 436 g/mol. The Kier molecular flexibility index (Phi) is 5.46. The fourth-order valence-electron chi connectivity index (χ4n) is 7.99. The first-order valence-corrected chi connectivity index (χ1v) is 12.5. The Hall–Kier alpha value is -2.10. The SMILES string of the molecule is CN1C=CCC(C(=O)OCC[C@H]2CC[C@H]3[C@@H]4CCC5=CC(=O)C=C[C@]5(C)[C@H]4CC[C@]23C)=C1. The zero-order valence-corrected chi connectivity index (χ0v) is 19.8. The summed E-state index contributed by atoms with van der Waals surface area (Å²) in [6.07, 6.45) is 20.8. The number of allylic oxidation sites excluding steroid dienone is 5. The highest BCUT2D eigenvalue weighted by Gasteiger charge is 2.58. The molecule has 5 rings (SSSR count). The third-order valence-corrected chi connectivity index (χ3v) is 9.75. The molecule has 0 aromatic carbocycles. The van der Waals surface area contributed by atoms with Crippen molar-refractivity contribution in [3.8, 4) is 0 Å². The fourth-order valence-corrected chi connectivity index (χ4v) is 7.99. The van der Waals surface area contributed by atoms with Crippen molar-refractivity contribution >= 4 is 11.8 Å². The van der Waals surface area contributed by atoms with Gasteiger partial charge < -0.3 is 9.64 Å². The van der Waals surface area contributed by atoms with Gasteiger partial charge in [-0.05, 0) is 92.4 Å². The van der Waals surface area contributed by atoms with Gasteiger partial charge in [0.2, 0.25) is 0 Å². The lowest BCUT2D eigenvalue weighted by Gasteiger charge is -2.57. The molecule has 0 bridgehead atoms. The fraction of sp³-hybridized carbons (Fsp3) is 0.643. The summed E-state index contributed by atoms with van der Waals surface area (Å²) in [5, 5.41) is 0. The van der Waals surface area contributed by atoms with Gasteiger partial charge in [-0.1, -0.05) is 31.6 Å². The minimum absolute atomic E-state index is 0.0705. The van der Waals surface area contributed by atoms with Crippen molar-refractivity contribution in [3.05, 3.63) is 47.9 Å². The number of esters is 1. The van der Waals surface area contributed by atoms with Crippen molar-refractivity contribution in [2.45, 2.75) is 65.2 Å². The van der Waals surface area contributed by atoms with E-state index in [9.17, 15) is 9.59 Å². The number of fused-ring (bicyclic) bond motifs is 5. The van der Waals surface area contributed by atoms with Crippen LogP contribution in [0, 0.1) is 34.5 Å². The molecule has 0 saturated heterocycles. The Balaban J connectivity index is 1.23. The maximum Gasteiger partial charge on any atom is 0.335 e. The molecule has 3 fully saturated rings. The van der Waals surface area contributed by atoms with Crippen LogP contribution >= 0.6 is 0 Å². The van der Waals surface area contributed by atoms with Crippen molar-refractivity contribution in [1.29, 1.82) is 0 Å². The van der Waals surface area contributed by atoms with Crippen LogP contribution in [0.4, 0.5) is 0 Å². The van der Waals surface area contributed by atoms with E-state index in [1.165, 1.54) is 37.7 Å². The Labute approximate surface area is 192 Å². The van der Waals surface area contributed by atoms with Gasteiger partial charge >= 0.3 is 5.97 Å². The van der Waals surface area contributed by atoms with E-state index in [1.807, 2.05) is 36.5 Å². The second kappa shape index (κ2) is 8.04. The van der Waals surface area contributed by atoms with Crippen molar-refractivity contribution in [2.24, 2.45) is 34.5 Å². The van der Waals surface area contributed by atoms with Crippen LogP contribution in [-0.4, -0.2) is 30.3 Å². The number of carbonyl (C=O) groups excluding carboxylic acids is 2. The molecule has 0 unspecified atom stereocenters. The number of hydrogen-bond donors (Lipinski definition) is 0. The van der Waals surface area contributed by atoms with Gasteiger partial charge in [-0.15, -0.1) is 0 Å². The lowest BCUT2D eigenvalue weighted by atomic mass is 9.47. The van der Waals surface area contributed by atoms with Crippen molar-refractivity contribution < 1.29 is 14.3 Å². The molecule has 0 spiro atoms. The lowest BCUT2D eigenvalue weighted by molar-refractivity contribution is -0.140. The molecule has 4 heteroatoms. The molecule has 4 nitrogen and oxygen atoms in total. The predicted molar refractivity (Wildman–Crippen MR) is 125 cm³/mol. The molecule has 6 atom stereocenters. The highest BCUT2D eigenvalue weighted by atomic mass is 16.5. The van der Waals surface area contributed by atoms with Crippen LogP contribution in [-0.2, 0) is 14.3 Å². The summed E-state index contributed by atoms with van der Waals surface area (Å²) < 4.78 is 5.70. The zero-order chi connectivity index (χ0) is 22.5. The molecule has 0 amide bonds. The summed E-state index contributed by atoms with van der Waals surface area (Å²) in [6.45, 7) is 5.42. The summed E-state index contributed by atoms with van der Waals surface area (Å²) in [7, 11) is 1.93. The van der Waals surface area contributed by atoms with Crippen LogP contribution in [0.15, 0.2) is 47.9 Å². The summed E-state index contributed by atoms with van der Waals surface area (Å²) in [5.74, 6) is 2.80. The third-order valence-electron chi connectivity index (χ3n) is 9.75. The van der Waals surface area contributed by atoms with Crippen LogP contribution in [0.25, 0.3) is 0 Å². The topological polar surface area (TPSA) is 46.6 Å². The van der Waals surface area contributed by atoms with Gasteiger partial charge in [-0.2, -0.15) is 0 Å². The van der Waals surface area contributed by atoms with Crippen molar-refractivity contribution in [3.63, 3.8) is 0 Å². The molecule has 32 heavy (non-hydrogen) atoms. The van der Waals surface area contributed by atoms with Crippen LogP contribution in [0.2, 0.25) is 0 Å². The summed E-state index contributed by atoms with van der Waals surface area (Å²) in [6, 6.07) is 0. The van der Waals surface area contributed by atoms with Gasteiger partial charge in [0, 0.05) is 25.1 Å². The highest BCUT2D eigenvalue weighted by Crippen LogP contribution is 2.66. The van der Waals surface area contributed by atoms with E-state index in [0.29, 0.717) is 30.3 Å². The molecule has 0 aromatic heterocycles. The lowest BCUT2D eigenvalue weighted by Crippen LogP contribution is -2.49. The van der Waals surface area contributed by atoms with Gasteiger partial charge in [0.05, 0.1) is 12.2 Å². The first-order chi connectivity index (χ1) is 15.3. The average Bonchev–Trinajstić information content (AvgIpc) is 3.10. The second-order valence-electron chi connectivity index (χ2n) is 11.3. The number of rotatable bonds is 4. The van der Waals surface area contributed by atoms with Gasteiger partial charge in [-0.25, -0.2) is 4.79 Å². The molecule has 0 N–H and O–H groups in total. The van der Waals surface area contributed by atoms with Crippen molar-refractivity contribution in [2.75, 3.05) is 13.7 Å². The molecule has 1 heterocycles. The Bertz CT molecular complexity index is 927. The molecule has 0 aromatic rings. The van der Waals surface area contributed by atoms with Gasteiger partial charge in [-0.3, -0.25) is 4.79 Å². The van der Waals surface area contributed by atoms with E-state index in [1.54, 1.807) is 6.08 Å². The number of ketones is 1. The Morgan fingerprint density at radius 1 is 1.19 bits per heavy atom. The third kappa shape index (κ3) is 3.50. The molecular weight excluding hydrogens is 398 g/mol. The minimum Gasteiger partial charge on any atom is -0.462 e. The van der Waals surface area contributed by atoms with Crippen LogP contribution < -0.4 is 0 Å². The number of ether oxygens (including phenoxy) is 1. The molecule has 0 radical (unpaired) electrons. The van der Waals surface area contributed by atoms with Crippen LogP contribution in [0.3, 0.4) is 0 Å². The smallest absolute Gasteiger partial charge is 0.335 e. The van der Waals surface area contributed by atoms with Crippen LogP contribution in [0.5, 0.6) is 0 Å². The summed E-state index contributed by atoms with van der Waals surface area (Å²) in [4.78, 5) is 26.3. The van der Waals surface area contributed by atoms with Crippen molar-refractivity contribution in [1.82, 2.24) is 4.90 Å². The molecule has 4 aliphatic carbocycles. The maximum atomic E-state index is 12.5. The second-order valence-corrected chi connectivity index (χ2v) is 11.3. The Morgan fingerprint density at radius 3 is 2.84 bits per heavy atom. The van der Waals surface area contributed by atoms with Gasteiger partial charge in [0.25, 0.3) is 0 Å². The first kappa shape index (κ1) is 21.7. The molecule has 172 valence electrons. The number of carbonyl (C=O) groups is 2. The van der Waals surface area contributed by atoms with Crippen LogP contribution in [0.1, 0.15) is 65.2 Å². The summed E-state index contributed by atoms with van der Waals surface area (Å²) in [5.41, 5.74) is 2.53. The van der Waals surface area contributed by atoms with E-state index in [2.05, 4.69) is 19.9 Å². The number of hydrogen-bond acceptors (Lipinski definition) is 4. The van der Waals surface area contributed by atoms with Gasteiger partial charge in [0.1, 0.15) is 0 Å². The molecule has 5 aliphatic rings. The normalized spacial score (nSPS) is 40.2. The van der Waals surface area contributed by atoms with E-state index >= 15 is 0 Å². The van der Waals surface area contributed by atoms with E-state index in [0.717, 1.165) is 30.3 Å². The highest BCUT2D eigenvalue weighted by molar-refractivity contribution is 6.01. The largest absolute Gasteiger partial charge is 0.462 e. The van der Waals surface area contributed by atoms with E-state index in [-0.39, 0.29) is 17.2 Å². The van der Waals surface area contributed by atoms with E-state index in [4.69, 9.17) is 4.74 Å². The summed E-state index contributed by atoms with van der Waals surface area (Å²) >= 11 is 0. The van der Waals surface area contributed by atoms with Gasteiger partial charge in [0.15, 0.2) is 5.78 Å².